The van der Waals surface area contributed by atoms with Crippen LogP contribution in [0.2, 0.25) is 0 Å². The highest BCUT2D eigenvalue weighted by molar-refractivity contribution is 8.15. The lowest BCUT2D eigenvalue weighted by atomic mass is 10.1. The number of alkyl carbamates (subject to hydrolysis) is 1. The van der Waals surface area contributed by atoms with E-state index in [1.807, 2.05) is 30.3 Å². The van der Waals surface area contributed by atoms with Crippen LogP contribution in [0.3, 0.4) is 0 Å². The second-order valence-electron chi connectivity index (χ2n) is 9.53. The Labute approximate surface area is 259 Å². The van der Waals surface area contributed by atoms with Gasteiger partial charge in [0.1, 0.15) is 29.9 Å². The van der Waals surface area contributed by atoms with E-state index in [2.05, 4.69) is 20.4 Å². The number of furan rings is 1. The van der Waals surface area contributed by atoms with Crippen LogP contribution in [0, 0.1) is 0 Å². The summed E-state index contributed by atoms with van der Waals surface area (Å²) < 4.78 is 52.7. The predicted octanol–water partition coefficient (Wildman–Crippen LogP) is 6.55. The number of halogens is 3. The number of anilines is 1. The fraction of sp³-hybridized carbons (Fsp3) is 0.161. The molecule has 2 heterocycles. The molecule has 1 atom stereocenters. The number of alkyl halides is 3. The van der Waals surface area contributed by atoms with Gasteiger partial charge in [-0.3, -0.25) is 14.5 Å². The average molecular weight is 639 g/mol. The van der Waals surface area contributed by atoms with Gasteiger partial charge in [0, 0.05) is 11.8 Å². The van der Waals surface area contributed by atoms with Gasteiger partial charge in [0.25, 0.3) is 0 Å². The van der Waals surface area contributed by atoms with Crippen LogP contribution in [-0.2, 0) is 27.5 Å². The molecule has 0 radical (unpaired) electrons. The van der Waals surface area contributed by atoms with Gasteiger partial charge in [-0.25, -0.2) is 9.79 Å². The number of amides is 3. The van der Waals surface area contributed by atoms with Gasteiger partial charge in [-0.15, -0.1) is 13.2 Å². The number of benzene rings is 3. The molecule has 5 rings (SSSR count). The molecule has 0 aliphatic carbocycles. The lowest BCUT2D eigenvalue weighted by molar-refractivity contribution is -0.274. The number of thioether (sulfide) groups is 1. The van der Waals surface area contributed by atoms with Crippen molar-refractivity contribution in [2.45, 2.75) is 24.8 Å². The average Bonchev–Trinajstić information content (AvgIpc) is 3.64. The van der Waals surface area contributed by atoms with Crippen molar-refractivity contribution >= 4 is 46.2 Å². The number of rotatable bonds is 10. The summed E-state index contributed by atoms with van der Waals surface area (Å²) in [6.07, 6.45) is -4.14. The van der Waals surface area contributed by atoms with E-state index in [4.69, 9.17) is 9.15 Å². The Bertz CT molecular complexity index is 1660. The van der Waals surface area contributed by atoms with Crippen LogP contribution in [0.1, 0.15) is 22.1 Å². The molecule has 2 N–H and O–H groups in total. The molecule has 4 aromatic rings. The predicted molar refractivity (Wildman–Crippen MR) is 160 cm³/mol. The van der Waals surface area contributed by atoms with E-state index in [1.54, 1.807) is 36.4 Å². The highest BCUT2D eigenvalue weighted by Gasteiger charge is 2.39. The fourth-order valence-corrected chi connectivity index (χ4v) is 5.36. The third-order valence-electron chi connectivity index (χ3n) is 6.22. The summed E-state index contributed by atoms with van der Waals surface area (Å²) in [4.78, 5) is 43.6. The van der Waals surface area contributed by atoms with Crippen molar-refractivity contribution in [1.82, 2.24) is 10.2 Å². The molecular formula is C31H25F3N4O6S. The minimum absolute atomic E-state index is 0.0574. The first-order valence-electron chi connectivity index (χ1n) is 13.4. The van der Waals surface area contributed by atoms with E-state index in [9.17, 15) is 27.6 Å². The van der Waals surface area contributed by atoms with Crippen molar-refractivity contribution in [3.8, 4) is 5.75 Å². The van der Waals surface area contributed by atoms with Gasteiger partial charge in [0.2, 0.25) is 11.8 Å². The zero-order valence-electron chi connectivity index (χ0n) is 23.3. The highest BCUT2D eigenvalue weighted by Crippen LogP contribution is 2.42. The first-order valence-corrected chi connectivity index (χ1v) is 14.3. The van der Waals surface area contributed by atoms with Crippen molar-refractivity contribution in [2.24, 2.45) is 4.99 Å². The number of nitrogens with zero attached hydrogens (tertiary/aromatic N) is 2. The Morgan fingerprint density at radius 2 is 1.76 bits per heavy atom. The fourth-order valence-electron chi connectivity index (χ4n) is 4.19. The number of nitrogens with one attached hydrogen (secondary N) is 2. The van der Waals surface area contributed by atoms with E-state index in [-0.39, 0.29) is 36.5 Å². The number of amidine groups is 1. The SMILES string of the molecule is O=C(CNC(=O)OCc1ccccc1)Nc1ccc(C2SC(=Nc3cccc(OC(F)(F)F)c3)N(Cc3ccco3)C2=O)cc1. The van der Waals surface area contributed by atoms with Crippen molar-refractivity contribution < 1.29 is 41.4 Å². The normalized spacial score (nSPS) is 15.6. The molecule has 1 unspecified atom stereocenters. The standard InChI is InChI=1S/C31H25F3N4O6S/c32-31(33,34)44-24-9-4-8-23(16-24)37-29-38(18-25-10-5-15-42-25)28(40)27(45-29)21-11-13-22(14-12-21)36-26(39)17-35-30(41)43-19-20-6-2-1-3-7-20/h1-16,27H,17-19H2,(H,35,41)(H,36,39). The number of aliphatic imine (C=N–C) groups is 1. The summed E-state index contributed by atoms with van der Waals surface area (Å²) >= 11 is 1.12. The smallest absolute Gasteiger partial charge is 0.467 e. The number of hydrogen-bond acceptors (Lipinski definition) is 8. The van der Waals surface area contributed by atoms with Crippen LogP contribution in [0.15, 0.2) is 107 Å². The van der Waals surface area contributed by atoms with Gasteiger partial charge in [0.05, 0.1) is 18.5 Å². The van der Waals surface area contributed by atoms with Gasteiger partial charge in [-0.2, -0.15) is 0 Å². The van der Waals surface area contributed by atoms with Crippen LogP contribution in [-0.4, -0.2) is 40.9 Å². The molecule has 0 saturated carbocycles. The molecule has 14 heteroatoms. The zero-order valence-corrected chi connectivity index (χ0v) is 24.1. The Hall–Kier alpha value is -5.24. The van der Waals surface area contributed by atoms with E-state index < -0.39 is 29.4 Å². The molecular weight excluding hydrogens is 613 g/mol. The molecule has 1 aliphatic heterocycles. The van der Waals surface area contributed by atoms with Crippen molar-refractivity contribution in [3.05, 3.63) is 114 Å². The van der Waals surface area contributed by atoms with E-state index in [1.165, 1.54) is 23.3 Å². The van der Waals surface area contributed by atoms with Gasteiger partial charge in [0.15, 0.2) is 5.17 Å². The van der Waals surface area contributed by atoms with Crippen LogP contribution in [0.4, 0.5) is 29.3 Å². The molecule has 1 aliphatic rings. The molecule has 0 spiro atoms. The monoisotopic (exact) mass is 638 g/mol. The summed E-state index contributed by atoms with van der Waals surface area (Å²) in [6, 6.07) is 24.2. The van der Waals surface area contributed by atoms with Crippen LogP contribution < -0.4 is 15.4 Å². The number of carbonyl (C=O) groups excluding carboxylic acids is 3. The molecule has 10 nitrogen and oxygen atoms in total. The minimum Gasteiger partial charge on any atom is -0.467 e. The molecule has 45 heavy (non-hydrogen) atoms. The quantitative estimate of drug-likeness (QED) is 0.202. The lowest BCUT2D eigenvalue weighted by Crippen LogP contribution is -2.33. The third-order valence-corrected chi connectivity index (χ3v) is 7.45. The summed E-state index contributed by atoms with van der Waals surface area (Å²) in [7, 11) is 0. The first-order chi connectivity index (χ1) is 21.6. The number of hydrogen-bond donors (Lipinski definition) is 2. The van der Waals surface area contributed by atoms with Gasteiger partial charge < -0.3 is 24.5 Å². The van der Waals surface area contributed by atoms with Crippen molar-refractivity contribution in [3.63, 3.8) is 0 Å². The van der Waals surface area contributed by atoms with E-state index in [0.717, 1.165) is 29.5 Å². The third kappa shape index (κ3) is 8.89. The van der Waals surface area contributed by atoms with Crippen LogP contribution >= 0.6 is 11.8 Å². The largest absolute Gasteiger partial charge is 0.573 e. The summed E-state index contributed by atoms with van der Waals surface area (Å²) in [5, 5.41) is 4.58. The van der Waals surface area contributed by atoms with Crippen LogP contribution in [0.5, 0.6) is 5.75 Å². The Kier molecular flexibility index (Phi) is 9.73. The Morgan fingerprint density at radius 3 is 2.47 bits per heavy atom. The molecule has 3 amide bonds. The molecule has 0 bridgehead atoms. The first kappa shape index (κ1) is 31.2. The molecule has 1 saturated heterocycles. The maximum absolute atomic E-state index is 13.5. The topological polar surface area (TPSA) is 122 Å². The van der Waals surface area contributed by atoms with E-state index in [0.29, 0.717) is 17.0 Å². The number of ether oxygens (including phenoxy) is 2. The lowest BCUT2D eigenvalue weighted by Gasteiger charge is -2.15. The second kappa shape index (κ2) is 14.0. The Morgan fingerprint density at radius 1 is 0.978 bits per heavy atom. The van der Waals surface area contributed by atoms with E-state index >= 15 is 0 Å². The maximum Gasteiger partial charge on any atom is 0.573 e. The van der Waals surface area contributed by atoms with Crippen LogP contribution in [0.25, 0.3) is 0 Å². The zero-order chi connectivity index (χ0) is 31.8. The summed E-state index contributed by atoms with van der Waals surface area (Å²) in [5.41, 5.74) is 2.01. The van der Waals surface area contributed by atoms with Gasteiger partial charge >= 0.3 is 12.5 Å². The highest BCUT2D eigenvalue weighted by atomic mass is 32.2. The van der Waals surface area contributed by atoms with Crippen molar-refractivity contribution in [2.75, 3.05) is 11.9 Å². The number of carbonyl (C=O) groups is 3. The molecule has 1 aromatic heterocycles. The minimum atomic E-state index is -4.86. The van der Waals surface area contributed by atoms with Gasteiger partial charge in [-0.1, -0.05) is 60.3 Å². The Balaban J connectivity index is 1.23. The second-order valence-corrected chi connectivity index (χ2v) is 10.6. The molecule has 1 fully saturated rings. The maximum atomic E-state index is 13.5. The summed E-state index contributed by atoms with van der Waals surface area (Å²) in [6.45, 7) is -0.192. The summed E-state index contributed by atoms with van der Waals surface area (Å²) in [5.74, 6) is -0.749. The molecule has 3 aromatic carbocycles. The molecule has 232 valence electrons. The van der Waals surface area contributed by atoms with Gasteiger partial charge in [-0.05, 0) is 47.5 Å². The van der Waals surface area contributed by atoms with Crippen molar-refractivity contribution in [1.29, 1.82) is 0 Å².